The molecule has 140 valence electrons. The number of amides is 1. The number of imidazole rings is 1. The van der Waals surface area contributed by atoms with Crippen LogP contribution < -0.4 is 5.32 Å². The molecule has 1 N–H and O–H groups in total. The largest absolute Gasteiger partial charge is 0.310 e. The molecule has 0 unspecified atom stereocenters. The number of carbonyl (C=O) groups is 1. The number of halogens is 2. The molecule has 1 saturated carbocycles. The molecule has 3 aromatic rings. The molecule has 1 fully saturated rings. The topological polar surface area (TPSA) is 46.4 Å². The van der Waals surface area contributed by atoms with Crippen molar-refractivity contribution in [2.45, 2.75) is 39.0 Å². The second kappa shape index (κ2) is 7.10. The van der Waals surface area contributed by atoms with Gasteiger partial charge in [-0.1, -0.05) is 25.3 Å². The molecule has 0 spiro atoms. The molecule has 0 radical (unpaired) electrons. The molecule has 0 bridgehead atoms. The predicted molar refractivity (Wildman–Crippen MR) is 100 cm³/mol. The quantitative estimate of drug-likeness (QED) is 0.698. The van der Waals surface area contributed by atoms with Gasteiger partial charge >= 0.3 is 0 Å². The molecule has 2 heterocycles. The van der Waals surface area contributed by atoms with E-state index in [2.05, 4.69) is 10.3 Å². The number of pyridine rings is 1. The molecular formula is C21H21F2N3O. The van der Waals surface area contributed by atoms with Crippen molar-refractivity contribution in [3.63, 3.8) is 0 Å². The number of aryl methyl sites for hydroxylation is 1. The number of fused-ring (bicyclic) bond motifs is 1. The fourth-order valence-corrected chi connectivity index (χ4v) is 3.72. The van der Waals surface area contributed by atoms with E-state index < -0.39 is 11.6 Å². The van der Waals surface area contributed by atoms with Crippen LogP contribution in [0.2, 0.25) is 0 Å². The Kier molecular flexibility index (Phi) is 4.64. The summed E-state index contributed by atoms with van der Waals surface area (Å²) in [6, 6.07) is 7.71. The molecule has 6 heteroatoms. The molecule has 4 rings (SSSR count). The Bertz CT molecular complexity index is 1010. The van der Waals surface area contributed by atoms with Crippen molar-refractivity contribution in [3.8, 4) is 11.3 Å². The van der Waals surface area contributed by atoms with Gasteiger partial charge in [0.2, 0.25) is 5.91 Å². The summed E-state index contributed by atoms with van der Waals surface area (Å²) in [6.07, 6.45) is 6.72. The van der Waals surface area contributed by atoms with Gasteiger partial charge < -0.3 is 5.32 Å². The lowest BCUT2D eigenvalue weighted by molar-refractivity contribution is -0.120. The first-order valence-corrected chi connectivity index (χ1v) is 9.28. The number of nitrogens with one attached hydrogen (secondary N) is 1. The normalized spacial score (nSPS) is 15.2. The molecule has 0 saturated heterocycles. The van der Waals surface area contributed by atoms with Crippen molar-refractivity contribution in [2.24, 2.45) is 5.92 Å². The van der Waals surface area contributed by atoms with Crippen LogP contribution in [0.1, 0.15) is 37.7 Å². The number of anilines is 1. The smallest absolute Gasteiger partial charge is 0.228 e. The van der Waals surface area contributed by atoms with Crippen molar-refractivity contribution in [2.75, 3.05) is 5.32 Å². The summed E-state index contributed by atoms with van der Waals surface area (Å²) in [4.78, 5) is 17.3. The summed E-state index contributed by atoms with van der Waals surface area (Å²) >= 11 is 0. The highest BCUT2D eigenvalue weighted by molar-refractivity contribution is 5.96. The number of rotatable bonds is 3. The fourth-order valence-electron chi connectivity index (χ4n) is 3.72. The summed E-state index contributed by atoms with van der Waals surface area (Å²) in [5, 5.41) is 2.94. The van der Waals surface area contributed by atoms with Gasteiger partial charge in [0.1, 0.15) is 17.2 Å². The van der Waals surface area contributed by atoms with E-state index in [4.69, 9.17) is 0 Å². The molecule has 1 aliphatic rings. The van der Waals surface area contributed by atoms with Crippen LogP contribution in [0.4, 0.5) is 14.6 Å². The van der Waals surface area contributed by atoms with E-state index in [9.17, 15) is 13.6 Å². The maximum atomic E-state index is 14.4. The number of hydrogen-bond donors (Lipinski definition) is 1. The first-order valence-electron chi connectivity index (χ1n) is 9.28. The highest BCUT2D eigenvalue weighted by Gasteiger charge is 2.25. The Hall–Kier alpha value is -2.76. The minimum absolute atomic E-state index is 0.0373. The minimum atomic E-state index is -0.967. The summed E-state index contributed by atoms with van der Waals surface area (Å²) in [7, 11) is 0. The third-order valence-electron chi connectivity index (χ3n) is 5.21. The van der Waals surface area contributed by atoms with Crippen LogP contribution in [-0.2, 0) is 4.79 Å². The van der Waals surface area contributed by atoms with Crippen molar-refractivity contribution in [1.82, 2.24) is 9.38 Å². The lowest BCUT2D eigenvalue weighted by atomic mass is 9.88. The van der Waals surface area contributed by atoms with Crippen molar-refractivity contribution in [1.29, 1.82) is 0 Å². The first-order chi connectivity index (χ1) is 13.0. The second-order valence-corrected chi connectivity index (χ2v) is 7.17. The van der Waals surface area contributed by atoms with Crippen LogP contribution in [0.15, 0.2) is 36.5 Å². The van der Waals surface area contributed by atoms with Crippen LogP contribution >= 0.6 is 0 Å². The number of carbonyl (C=O) groups excluding carboxylic acids is 1. The zero-order chi connectivity index (χ0) is 19.0. The highest BCUT2D eigenvalue weighted by atomic mass is 19.2. The maximum absolute atomic E-state index is 14.4. The molecule has 0 aliphatic heterocycles. The zero-order valence-corrected chi connectivity index (χ0v) is 15.1. The minimum Gasteiger partial charge on any atom is -0.310 e. The Labute approximate surface area is 156 Å². The van der Waals surface area contributed by atoms with Crippen LogP contribution in [0.3, 0.4) is 0 Å². The van der Waals surface area contributed by atoms with Crippen molar-refractivity contribution < 1.29 is 13.6 Å². The molecular weight excluding hydrogens is 348 g/mol. The van der Waals surface area contributed by atoms with Crippen LogP contribution in [0, 0.1) is 24.5 Å². The second-order valence-electron chi connectivity index (χ2n) is 7.17. The van der Waals surface area contributed by atoms with Gasteiger partial charge in [-0.05, 0) is 49.6 Å². The van der Waals surface area contributed by atoms with Gasteiger partial charge in [-0.15, -0.1) is 0 Å². The van der Waals surface area contributed by atoms with Crippen LogP contribution in [-0.4, -0.2) is 15.3 Å². The Balaban J connectivity index is 1.81. The lowest BCUT2D eigenvalue weighted by Gasteiger charge is -2.21. The third-order valence-corrected chi connectivity index (χ3v) is 5.21. The monoisotopic (exact) mass is 369 g/mol. The van der Waals surface area contributed by atoms with E-state index in [1.165, 1.54) is 12.1 Å². The zero-order valence-electron chi connectivity index (χ0n) is 15.1. The van der Waals surface area contributed by atoms with E-state index in [1.54, 1.807) is 10.6 Å². The van der Waals surface area contributed by atoms with Crippen molar-refractivity contribution >= 4 is 17.4 Å². The van der Waals surface area contributed by atoms with Crippen LogP contribution in [0.25, 0.3) is 16.9 Å². The Morgan fingerprint density at radius 3 is 2.74 bits per heavy atom. The van der Waals surface area contributed by atoms with Gasteiger partial charge in [-0.3, -0.25) is 9.20 Å². The van der Waals surface area contributed by atoms with E-state index in [0.29, 0.717) is 11.5 Å². The number of benzene rings is 1. The van der Waals surface area contributed by atoms with Gasteiger partial charge in [-0.25, -0.2) is 13.8 Å². The molecule has 1 aliphatic carbocycles. The predicted octanol–water partition coefficient (Wildman–Crippen LogP) is 5.11. The fraction of sp³-hybridized carbons (Fsp3) is 0.333. The summed E-state index contributed by atoms with van der Waals surface area (Å²) in [5.41, 5.74) is 1.84. The molecule has 1 aromatic carbocycles. The lowest BCUT2D eigenvalue weighted by Crippen LogP contribution is -2.25. The molecule has 2 aromatic heterocycles. The standard InChI is InChI=1S/C21H21F2N3O/c1-13-10-11-26-17(12-13)24-19(15-8-5-9-16(22)18(15)23)20(26)25-21(27)14-6-3-2-4-7-14/h5,8-12,14H,2-4,6-7H2,1H3,(H,25,27). The summed E-state index contributed by atoms with van der Waals surface area (Å²) in [5.74, 6) is -1.67. The summed E-state index contributed by atoms with van der Waals surface area (Å²) < 4.78 is 29.9. The van der Waals surface area contributed by atoms with Crippen molar-refractivity contribution in [3.05, 3.63) is 53.7 Å². The molecule has 1 amide bonds. The highest BCUT2D eigenvalue weighted by Crippen LogP contribution is 2.33. The average molecular weight is 369 g/mol. The first kappa shape index (κ1) is 17.6. The number of aromatic nitrogens is 2. The van der Waals surface area contributed by atoms with Gasteiger partial charge in [0.05, 0.1) is 0 Å². The average Bonchev–Trinajstić information content (AvgIpc) is 3.02. The van der Waals surface area contributed by atoms with Crippen LogP contribution in [0.5, 0.6) is 0 Å². The number of hydrogen-bond acceptors (Lipinski definition) is 2. The number of nitrogens with zero attached hydrogens (tertiary/aromatic N) is 2. The van der Waals surface area contributed by atoms with Gasteiger partial charge in [0.15, 0.2) is 11.6 Å². The van der Waals surface area contributed by atoms with E-state index in [-0.39, 0.29) is 23.1 Å². The van der Waals surface area contributed by atoms with E-state index >= 15 is 0 Å². The maximum Gasteiger partial charge on any atom is 0.228 e. The van der Waals surface area contributed by atoms with Gasteiger partial charge in [0.25, 0.3) is 0 Å². The third kappa shape index (κ3) is 3.31. The Morgan fingerprint density at radius 1 is 1.19 bits per heavy atom. The summed E-state index contributed by atoms with van der Waals surface area (Å²) in [6.45, 7) is 1.93. The van der Waals surface area contributed by atoms with E-state index in [0.717, 1.165) is 43.7 Å². The van der Waals surface area contributed by atoms with Gasteiger partial charge in [0, 0.05) is 17.7 Å². The molecule has 0 atom stereocenters. The molecule has 4 nitrogen and oxygen atoms in total. The SMILES string of the molecule is Cc1ccn2c(NC(=O)C3CCCCC3)c(-c3cccc(F)c3F)nc2c1. The molecule has 27 heavy (non-hydrogen) atoms. The van der Waals surface area contributed by atoms with Gasteiger partial charge in [-0.2, -0.15) is 0 Å². The van der Waals surface area contributed by atoms with E-state index in [1.807, 2.05) is 19.1 Å². The Morgan fingerprint density at radius 2 is 1.96 bits per heavy atom.